The van der Waals surface area contributed by atoms with Crippen LogP contribution in [0.2, 0.25) is 5.02 Å². The van der Waals surface area contributed by atoms with Gasteiger partial charge in [-0.15, -0.1) is 0 Å². The van der Waals surface area contributed by atoms with E-state index >= 15 is 0 Å². The van der Waals surface area contributed by atoms with Gasteiger partial charge in [0.1, 0.15) is 0 Å². The van der Waals surface area contributed by atoms with E-state index in [0.29, 0.717) is 16.3 Å². The van der Waals surface area contributed by atoms with Crippen LogP contribution in [0.25, 0.3) is 11.3 Å². The van der Waals surface area contributed by atoms with Gasteiger partial charge in [0.2, 0.25) is 5.24 Å². The SMILES string of the molecule is Cn1nc(-c2ccc(Cl)cc2)cc(CC(=O)Cl)c1=O. The lowest BCUT2D eigenvalue weighted by atomic mass is 10.1. The van der Waals surface area contributed by atoms with Crippen molar-refractivity contribution >= 4 is 28.4 Å². The number of hydrogen-bond acceptors (Lipinski definition) is 3. The van der Waals surface area contributed by atoms with Gasteiger partial charge in [0.25, 0.3) is 5.56 Å². The molecule has 0 amide bonds. The topological polar surface area (TPSA) is 52.0 Å². The average molecular weight is 297 g/mol. The summed E-state index contributed by atoms with van der Waals surface area (Å²) < 4.78 is 1.19. The van der Waals surface area contributed by atoms with Crippen LogP contribution in [0.4, 0.5) is 0 Å². The molecule has 2 rings (SSSR count). The Morgan fingerprint density at radius 1 is 1.32 bits per heavy atom. The Morgan fingerprint density at radius 2 is 1.95 bits per heavy atom. The minimum Gasteiger partial charge on any atom is -0.281 e. The quantitative estimate of drug-likeness (QED) is 0.817. The molecule has 0 fully saturated rings. The lowest BCUT2D eigenvalue weighted by molar-refractivity contribution is -0.111. The van der Waals surface area contributed by atoms with Gasteiger partial charge in [0.15, 0.2) is 0 Å². The van der Waals surface area contributed by atoms with Crippen molar-refractivity contribution in [2.24, 2.45) is 7.05 Å². The minimum atomic E-state index is -0.578. The Kier molecular flexibility index (Phi) is 4.02. The van der Waals surface area contributed by atoms with Crippen molar-refractivity contribution in [1.29, 1.82) is 0 Å². The minimum absolute atomic E-state index is 0.114. The zero-order chi connectivity index (χ0) is 14.0. The van der Waals surface area contributed by atoms with Crippen LogP contribution in [0.15, 0.2) is 35.1 Å². The van der Waals surface area contributed by atoms with Gasteiger partial charge in [0.05, 0.1) is 12.1 Å². The van der Waals surface area contributed by atoms with E-state index in [1.54, 1.807) is 30.3 Å². The zero-order valence-electron chi connectivity index (χ0n) is 10.1. The molecule has 98 valence electrons. The maximum Gasteiger partial charge on any atom is 0.270 e. The Balaban J connectivity index is 2.53. The fourth-order valence-corrected chi connectivity index (χ4v) is 1.98. The van der Waals surface area contributed by atoms with E-state index in [1.165, 1.54) is 11.7 Å². The molecule has 0 aliphatic rings. The van der Waals surface area contributed by atoms with Crippen molar-refractivity contribution in [1.82, 2.24) is 9.78 Å². The Morgan fingerprint density at radius 3 is 2.53 bits per heavy atom. The number of benzene rings is 1. The maximum atomic E-state index is 11.8. The first kappa shape index (κ1) is 13.8. The monoisotopic (exact) mass is 296 g/mol. The number of aryl methyl sites for hydroxylation is 1. The molecule has 1 heterocycles. The average Bonchev–Trinajstić information content (AvgIpc) is 2.35. The summed E-state index contributed by atoms with van der Waals surface area (Å²) in [6.07, 6.45) is -0.114. The van der Waals surface area contributed by atoms with Gasteiger partial charge in [-0.2, -0.15) is 5.10 Å². The van der Waals surface area contributed by atoms with Gasteiger partial charge in [0, 0.05) is 23.2 Å². The van der Waals surface area contributed by atoms with Crippen molar-refractivity contribution in [2.45, 2.75) is 6.42 Å². The normalized spacial score (nSPS) is 10.5. The molecule has 1 aromatic heterocycles. The first-order chi connectivity index (χ1) is 8.97. The smallest absolute Gasteiger partial charge is 0.270 e. The van der Waals surface area contributed by atoms with E-state index in [0.717, 1.165) is 5.56 Å². The Hall–Kier alpha value is -1.65. The standard InChI is InChI=1S/C13H10Cl2N2O2/c1-17-13(19)9(7-12(15)18)6-11(16-17)8-2-4-10(14)5-3-8/h2-6H,7H2,1H3. The van der Waals surface area contributed by atoms with Crippen LogP contribution < -0.4 is 5.56 Å². The van der Waals surface area contributed by atoms with Crippen molar-refractivity contribution in [3.05, 3.63) is 51.3 Å². The summed E-state index contributed by atoms with van der Waals surface area (Å²) in [6.45, 7) is 0. The fourth-order valence-electron chi connectivity index (χ4n) is 1.71. The molecule has 2 aromatic rings. The van der Waals surface area contributed by atoms with Gasteiger partial charge < -0.3 is 0 Å². The van der Waals surface area contributed by atoms with E-state index in [1.807, 2.05) is 0 Å². The summed E-state index contributed by atoms with van der Waals surface area (Å²) in [7, 11) is 1.53. The lowest BCUT2D eigenvalue weighted by Crippen LogP contribution is -2.24. The van der Waals surface area contributed by atoms with Crippen LogP contribution >= 0.6 is 23.2 Å². The highest BCUT2D eigenvalue weighted by atomic mass is 35.5. The molecule has 1 aromatic carbocycles. The van der Waals surface area contributed by atoms with Gasteiger partial charge in [-0.3, -0.25) is 9.59 Å². The van der Waals surface area contributed by atoms with Crippen molar-refractivity contribution in [3.8, 4) is 11.3 Å². The van der Waals surface area contributed by atoms with E-state index < -0.39 is 5.24 Å². The number of hydrogen-bond donors (Lipinski definition) is 0. The molecule has 19 heavy (non-hydrogen) atoms. The van der Waals surface area contributed by atoms with Gasteiger partial charge in [-0.25, -0.2) is 4.68 Å². The number of halogens is 2. The molecular formula is C13H10Cl2N2O2. The molecule has 0 bridgehead atoms. The van der Waals surface area contributed by atoms with E-state index in [-0.39, 0.29) is 12.0 Å². The van der Waals surface area contributed by atoms with Crippen LogP contribution in [0.3, 0.4) is 0 Å². The molecule has 0 aliphatic carbocycles. The van der Waals surface area contributed by atoms with Crippen LogP contribution in [-0.4, -0.2) is 15.0 Å². The molecule has 0 spiro atoms. The molecular weight excluding hydrogens is 287 g/mol. The van der Waals surface area contributed by atoms with Crippen LogP contribution in [0.5, 0.6) is 0 Å². The van der Waals surface area contributed by atoms with Crippen LogP contribution in [0, 0.1) is 0 Å². The van der Waals surface area contributed by atoms with Crippen molar-refractivity contribution in [3.63, 3.8) is 0 Å². The second-order valence-corrected chi connectivity index (χ2v) is 4.88. The van der Waals surface area contributed by atoms with Crippen LogP contribution in [-0.2, 0) is 18.3 Å². The molecule has 0 atom stereocenters. The fraction of sp³-hybridized carbons (Fsp3) is 0.154. The molecule has 0 N–H and O–H groups in total. The van der Waals surface area contributed by atoms with Crippen molar-refractivity contribution < 1.29 is 4.79 Å². The summed E-state index contributed by atoms with van der Waals surface area (Å²) in [4.78, 5) is 22.8. The highest BCUT2D eigenvalue weighted by Crippen LogP contribution is 2.19. The molecule has 0 aliphatic heterocycles. The molecule has 0 unspecified atom stereocenters. The second kappa shape index (κ2) is 5.55. The molecule has 0 saturated heterocycles. The number of aromatic nitrogens is 2. The summed E-state index contributed by atoms with van der Waals surface area (Å²) in [5.41, 5.74) is 1.39. The Bertz CT molecular complexity index is 678. The predicted octanol–water partition coefficient (Wildman–Crippen LogP) is 2.41. The highest BCUT2D eigenvalue weighted by molar-refractivity contribution is 6.63. The van der Waals surface area contributed by atoms with Gasteiger partial charge in [-0.1, -0.05) is 23.7 Å². The van der Waals surface area contributed by atoms with Gasteiger partial charge >= 0.3 is 0 Å². The summed E-state index contributed by atoms with van der Waals surface area (Å²) in [6, 6.07) is 8.63. The summed E-state index contributed by atoms with van der Waals surface area (Å²) >= 11 is 11.1. The maximum absolute atomic E-state index is 11.8. The third kappa shape index (κ3) is 3.22. The van der Waals surface area contributed by atoms with Crippen molar-refractivity contribution in [2.75, 3.05) is 0 Å². The van der Waals surface area contributed by atoms with E-state index in [9.17, 15) is 9.59 Å². The number of carbonyl (C=O) groups is 1. The number of nitrogens with zero attached hydrogens (tertiary/aromatic N) is 2. The third-order valence-corrected chi connectivity index (χ3v) is 2.99. The molecule has 4 nitrogen and oxygen atoms in total. The van der Waals surface area contributed by atoms with E-state index in [4.69, 9.17) is 23.2 Å². The highest BCUT2D eigenvalue weighted by Gasteiger charge is 2.10. The van der Waals surface area contributed by atoms with Gasteiger partial charge in [-0.05, 0) is 29.8 Å². The lowest BCUT2D eigenvalue weighted by Gasteiger charge is -2.06. The summed E-state index contributed by atoms with van der Waals surface area (Å²) in [5, 5.41) is 4.18. The molecule has 0 saturated carbocycles. The largest absolute Gasteiger partial charge is 0.281 e. The third-order valence-electron chi connectivity index (χ3n) is 2.61. The number of rotatable bonds is 3. The predicted molar refractivity (Wildman–Crippen MR) is 74.5 cm³/mol. The first-order valence-electron chi connectivity index (χ1n) is 5.49. The summed E-state index contributed by atoms with van der Waals surface area (Å²) in [5.74, 6) is 0. The molecule has 6 heteroatoms. The first-order valence-corrected chi connectivity index (χ1v) is 6.24. The zero-order valence-corrected chi connectivity index (χ0v) is 11.6. The second-order valence-electron chi connectivity index (χ2n) is 4.02. The number of carbonyl (C=O) groups excluding carboxylic acids is 1. The Labute approximate surface area is 119 Å². The van der Waals surface area contributed by atoms with E-state index in [2.05, 4.69) is 5.10 Å². The van der Waals surface area contributed by atoms with Crippen LogP contribution in [0.1, 0.15) is 5.56 Å². The molecule has 0 radical (unpaired) electrons.